The molecule has 0 radical (unpaired) electrons. The van der Waals surface area contributed by atoms with Gasteiger partial charge in [-0.2, -0.15) is 0 Å². The maximum Gasteiger partial charge on any atom is 0.254 e. The van der Waals surface area contributed by atoms with Gasteiger partial charge < -0.3 is 9.47 Å². The molecule has 4 aromatic rings. The van der Waals surface area contributed by atoms with Gasteiger partial charge in [0.2, 0.25) is 15.0 Å². The van der Waals surface area contributed by atoms with Gasteiger partial charge in [-0.15, -0.1) is 0 Å². The van der Waals surface area contributed by atoms with Gasteiger partial charge in [-0.25, -0.2) is 17.8 Å². The molecule has 0 N–H and O–H groups in total. The fourth-order valence-corrected chi connectivity index (χ4v) is 6.07. The Morgan fingerprint density at radius 3 is 2.34 bits per heavy atom. The number of halogens is 1. The van der Waals surface area contributed by atoms with E-state index in [-0.39, 0.29) is 23.4 Å². The van der Waals surface area contributed by atoms with Crippen molar-refractivity contribution in [3.8, 4) is 0 Å². The summed E-state index contributed by atoms with van der Waals surface area (Å²) in [6.45, 7) is 3.07. The monoisotopic (exact) mass is 531 g/mol. The third-order valence-corrected chi connectivity index (χ3v) is 8.42. The Morgan fingerprint density at radius 1 is 0.974 bits per heavy atom. The second-order valence-corrected chi connectivity index (χ2v) is 11.8. The van der Waals surface area contributed by atoms with Crippen LogP contribution in [0.15, 0.2) is 90.2 Å². The van der Waals surface area contributed by atoms with Crippen LogP contribution in [0.2, 0.25) is 0 Å². The highest BCUT2D eigenvalue weighted by atomic mass is 32.2. The topological polar surface area (TPSA) is 72.3 Å². The van der Waals surface area contributed by atoms with Gasteiger partial charge in [0.05, 0.1) is 30.7 Å². The summed E-state index contributed by atoms with van der Waals surface area (Å²) in [6, 6.07) is 22.5. The molecule has 1 aromatic heterocycles. The van der Waals surface area contributed by atoms with E-state index in [0.29, 0.717) is 35.8 Å². The minimum atomic E-state index is -3.86. The van der Waals surface area contributed by atoms with Crippen molar-refractivity contribution in [3.63, 3.8) is 0 Å². The Hall–Kier alpha value is -3.78. The van der Waals surface area contributed by atoms with Crippen molar-refractivity contribution in [2.75, 3.05) is 6.54 Å². The van der Waals surface area contributed by atoms with E-state index >= 15 is 0 Å². The van der Waals surface area contributed by atoms with E-state index < -0.39 is 15.7 Å². The molecule has 0 unspecified atom stereocenters. The molecule has 0 spiro atoms. The van der Waals surface area contributed by atoms with Gasteiger partial charge in [0.15, 0.2) is 0 Å². The molecule has 8 heteroatoms. The number of nitrogens with zero attached hydrogens (tertiary/aromatic N) is 3. The van der Waals surface area contributed by atoms with E-state index in [9.17, 15) is 17.6 Å². The van der Waals surface area contributed by atoms with Crippen LogP contribution < -0.4 is 0 Å². The molecule has 1 amide bonds. The molecule has 1 aliphatic carbocycles. The lowest BCUT2D eigenvalue weighted by Gasteiger charge is -2.24. The zero-order chi connectivity index (χ0) is 26.7. The predicted octanol–water partition coefficient (Wildman–Crippen LogP) is 5.41. The van der Waals surface area contributed by atoms with Crippen LogP contribution in [0.4, 0.5) is 4.39 Å². The number of hydrogen-bond donors (Lipinski definition) is 0. The molecule has 196 valence electrons. The van der Waals surface area contributed by atoms with E-state index in [4.69, 9.17) is 0 Å². The van der Waals surface area contributed by atoms with Gasteiger partial charge in [0.1, 0.15) is 5.82 Å². The molecular weight excluding hydrogens is 501 g/mol. The zero-order valence-corrected chi connectivity index (χ0v) is 22.1. The molecule has 1 fully saturated rings. The predicted molar refractivity (Wildman–Crippen MR) is 144 cm³/mol. The Bertz CT molecular complexity index is 1530. The van der Waals surface area contributed by atoms with Gasteiger partial charge in [0.25, 0.3) is 5.91 Å². The van der Waals surface area contributed by atoms with Gasteiger partial charge in [-0.1, -0.05) is 60.7 Å². The molecule has 0 bridgehead atoms. The van der Waals surface area contributed by atoms with Crippen molar-refractivity contribution in [2.24, 2.45) is 5.92 Å². The molecule has 3 aromatic carbocycles. The molecule has 0 saturated heterocycles. The maximum absolute atomic E-state index is 13.6. The Balaban J connectivity index is 1.50. The van der Waals surface area contributed by atoms with Crippen LogP contribution >= 0.6 is 0 Å². The van der Waals surface area contributed by atoms with Gasteiger partial charge in [0, 0.05) is 12.1 Å². The van der Waals surface area contributed by atoms with Crippen molar-refractivity contribution in [1.29, 1.82) is 0 Å². The molecule has 0 atom stereocenters. The number of amides is 1. The average molecular weight is 532 g/mol. The highest BCUT2D eigenvalue weighted by Crippen LogP contribution is 2.31. The molecule has 0 aliphatic heterocycles. The van der Waals surface area contributed by atoms with E-state index in [1.807, 2.05) is 66.4 Å². The van der Waals surface area contributed by atoms with Crippen LogP contribution in [-0.2, 0) is 28.7 Å². The number of hydrogen-bond acceptors (Lipinski definition) is 4. The van der Waals surface area contributed by atoms with Crippen molar-refractivity contribution in [1.82, 2.24) is 14.5 Å². The molecule has 6 nitrogen and oxygen atoms in total. The van der Waals surface area contributed by atoms with Crippen LogP contribution in [0.1, 0.15) is 45.6 Å². The van der Waals surface area contributed by atoms with Crippen molar-refractivity contribution in [2.45, 2.75) is 43.8 Å². The SMILES string of the molecule is Cc1ccccc1C(=O)N(Cc1cnc(S(=O)(=O)Cc2ccc(F)cc2)n1Cc1ccccc1)CC1CC1. The summed E-state index contributed by atoms with van der Waals surface area (Å²) < 4.78 is 42.1. The molecule has 1 heterocycles. The average Bonchev–Trinajstić information content (AvgIpc) is 3.64. The number of imidazole rings is 1. The lowest BCUT2D eigenvalue weighted by atomic mass is 10.1. The van der Waals surface area contributed by atoms with Crippen LogP contribution in [0.25, 0.3) is 0 Å². The summed E-state index contributed by atoms with van der Waals surface area (Å²) in [5.74, 6) is -0.340. The van der Waals surface area contributed by atoms with E-state index in [1.54, 1.807) is 10.8 Å². The smallest absolute Gasteiger partial charge is 0.254 e. The third kappa shape index (κ3) is 6.02. The molecule has 1 saturated carbocycles. The van der Waals surface area contributed by atoms with Crippen molar-refractivity contribution >= 4 is 15.7 Å². The third-order valence-electron chi connectivity index (χ3n) is 6.82. The van der Waals surface area contributed by atoms with E-state index in [2.05, 4.69) is 4.98 Å². The Morgan fingerprint density at radius 2 is 1.66 bits per heavy atom. The summed E-state index contributed by atoms with van der Waals surface area (Å²) in [5, 5.41) is -0.0598. The second-order valence-electron chi connectivity index (χ2n) is 9.93. The number of carbonyl (C=O) groups is 1. The van der Waals surface area contributed by atoms with Crippen LogP contribution in [0, 0.1) is 18.7 Å². The highest BCUT2D eigenvalue weighted by Gasteiger charge is 2.30. The number of carbonyl (C=O) groups excluding carboxylic acids is 1. The number of rotatable bonds is 10. The van der Waals surface area contributed by atoms with Crippen molar-refractivity contribution in [3.05, 3.63) is 119 Å². The lowest BCUT2D eigenvalue weighted by Crippen LogP contribution is -2.34. The zero-order valence-electron chi connectivity index (χ0n) is 21.3. The minimum absolute atomic E-state index is 0.0598. The molecular formula is C30H30FN3O3S. The number of sulfone groups is 1. The molecule has 5 rings (SSSR count). The van der Waals surface area contributed by atoms with Crippen LogP contribution in [0.5, 0.6) is 0 Å². The standard InChI is InChI=1S/C30H30FN3O3S/c1-22-7-5-6-10-28(22)29(35)33(18-24-11-12-24)20-27-17-32-30(34(27)19-23-8-3-2-4-9-23)38(36,37)21-25-13-15-26(31)16-14-25/h2-10,13-17,24H,11-12,18-21H2,1H3. The van der Waals surface area contributed by atoms with Gasteiger partial charge in [-0.3, -0.25) is 4.79 Å². The lowest BCUT2D eigenvalue weighted by molar-refractivity contribution is 0.0730. The van der Waals surface area contributed by atoms with Gasteiger partial charge in [-0.05, 0) is 60.6 Å². The number of aromatic nitrogens is 2. The normalized spacial score (nSPS) is 13.4. The fourth-order valence-electron chi connectivity index (χ4n) is 4.58. The number of aryl methyl sites for hydroxylation is 1. The van der Waals surface area contributed by atoms with Crippen molar-refractivity contribution < 1.29 is 17.6 Å². The van der Waals surface area contributed by atoms with Crippen LogP contribution in [-0.4, -0.2) is 35.3 Å². The first-order valence-electron chi connectivity index (χ1n) is 12.7. The first kappa shape index (κ1) is 25.9. The summed E-state index contributed by atoms with van der Waals surface area (Å²) in [7, 11) is -3.86. The van der Waals surface area contributed by atoms with Gasteiger partial charge >= 0.3 is 0 Å². The van der Waals surface area contributed by atoms with E-state index in [0.717, 1.165) is 24.0 Å². The second kappa shape index (κ2) is 10.9. The summed E-state index contributed by atoms with van der Waals surface area (Å²) >= 11 is 0. The largest absolute Gasteiger partial charge is 0.332 e. The Labute approximate surface area is 222 Å². The van der Waals surface area contributed by atoms with E-state index in [1.165, 1.54) is 24.3 Å². The molecule has 1 aliphatic rings. The summed E-state index contributed by atoms with van der Waals surface area (Å²) in [5.41, 5.74) is 3.59. The quantitative estimate of drug-likeness (QED) is 0.275. The maximum atomic E-state index is 13.6. The molecule has 38 heavy (non-hydrogen) atoms. The highest BCUT2D eigenvalue weighted by molar-refractivity contribution is 7.90. The minimum Gasteiger partial charge on any atom is -0.332 e. The first-order valence-corrected chi connectivity index (χ1v) is 14.4. The Kier molecular flexibility index (Phi) is 7.42. The van der Waals surface area contributed by atoms with Crippen LogP contribution in [0.3, 0.4) is 0 Å². The summed E-state index contributed by atoms with van der Waals surface area (Å²) in [6.07, 6.45) is 3.72. The first-order chi connectivity index (χ1) is 18.3. The number of benzene rings is 3. The summed E-state index contributed by atoms with van der Waals surface area (Å²) in [4.78, 5) is 19.8. The fraction of sp³-hybridized carbons (Fsp3) is 0.267.